The van der Waals surface area contributed by atoms with E-state index in [-0.39, 0.29) is 17.5 Å². The number of halogens is 1. The molecule has 30 heavy (non-hydrogen) atoms. The normalized spacial score (nSPS) is 16.1. The highest BCUT2D eigenvalue weighted by molar-refractivity contribution is 7.89. The van der Waals surface area contributed by atoms with E-state index in [1.54, 1.807) is 12.1 Å². The van der Waals surface area contributed by atoms with Crippen LogP contribution in [0.25, 0.3) is 11.3 Å². The van der Waals surface area contributed by atoms with Gasteiger partial charge in [0.15, 0.2) is 15.6 Å². The molecule has 0 aliphatic carbocycles. The number of nitrogens with zero attached hydrogens (tertiary/aromatic N) is 2. The summed E-state index contributed by atoms with van der Waals surface area (Å²) >= 11 is 0. The van der Waals surface area contributed by atoms with E-state index in [1.807, 2.05) is 36.4 Å². The zero-order valence-electron chi connectivity index (χ0n) is 16.9. The van der Waals surface area contributed by atoms with E-state index < -0.39 is 9.84 Å². The average Bonchev–Trinajstić information content (AvgIpc) is 3.18. The number of aromatic nitrogens is 1. The lowest BCUT2D eigenvalue weighted by molar-refractivity contribution is 0.183. The van der Waals surface area contributed by atoms with Crippen LogP contribution in [0.1, 0.15) is 35.6 Å². The molecule has 7 heteroatoms. The first-order valence-corrected chi connectivity index (χ1v) is 12.1. The zero-order chi connectivity index (χ0) is 21.1. The maximum atomic E-state index is 14.4. The summed E-state index contributed by atoms with van der Waals surface area (Å²) in [4.78, 5) is 2.28. The Hall–Kier alpha value is -2.51. The molecule has 1 saturated heterocycles. The van der Waals surface area contributed by atoms with Gasteiger partial charge in [0.25, 0.3) is 0 Å². The van der Waals surface area contributed by atoms with Gasteiger partial charge < -0.3 is 4.52 Å². The Balaban J connectivity index is 1.38. The molecule has 5 nitrogen and oxygen atoms in total. The number of hydrogen-bond acceptors (Lipinski definition) is 5. The third-order valence-electron chi connectivity index (χ3n) is 5.52. The monoisotopic (exact) mass is 428 g/mol. The van der Waals surface area contributed by atoms with Gasteiger partial charge in [0.1, 0.15) is 11.5 Å². The summed E-state index contributed by atoms with van der Waals surface area (Å²) in [5.74, 6) is 0.589. The highest BCUT2D eigenvalue weighted by atomic mass is 32.2. The Morgan fingerprint density at radius 3 is 2.53 bits per heavy atom. The van der Waals surface area contributed by atoms with Crippen LogP contribution in [-0.2, 0) is 22.1 Å². The van der Waals surface area contributed by atoms with E-state index in [4.69, 9.17) is 4.52 Å². The SMILES string of the molecule is CS(=O)(=O)Cc1ccc(F)c(C2CCN(Cc3cc(-c4ccccc4)no3)CC2)c1. The molecule has 0 amide bonds. The number of benzene rings is 2. The molecule has 0 bridgehead atoms. The number of piperidine rings is 1. The van der Waals surface area contributed by atoms with E-state index in [0.717, 1.165) is 42.9 Å². The minimum atomic E-state index is -3.15. The van der Waals surface area contributed by atoms with Gasteiger partial charge in [-0.3, -0.25) is 4.90 Å². The van der Waals surface area contributed by atoms with Gasteiger partial charge in [-0.15, -0.1) is 0 Å². The predicted molar refractivity (Wildman–Crippen MR) is 114 cm³/mol. The van der Waals surface area contributed by atoms with E-state index in [1.165, 1.54) is 12.3 Å². The van der Waals surface area contributed by atoms with E-state index >= 15 is 0 Å². The third kappa shape index (κ3) is 5.15. The van der Waals surface area contributed by atoms with Gasteiger partial charge >= 0.3 is 0 Å². The quantitative estimate of drug-likeness (QED) is 0.582. The van der Waals surface area contributed by atoms with Crippen LogP contribution < -0.4 is 0 Å². The molecule has 0 saturated carbocycles. The number of likely N-dealkylation sites (tertiary alicyclic amines) is 1. The molecule has 2 aromatic carbocycles. The Labute approximate surface area is 176 Å². The smallest absolute Gasteiger partial charge is 0.151 e. The first-order chi connectivity index (χ1) is 14.4. The summed E-state index contributed by atoms with van der Waals surface area (Å²) in [5.41, 5.74) is 3.12. The van der Waals surface area contributed by atoms with Crippen LogP contribution in [0.15, 0.2) is 59.1 Å². The minimum Gasteiger partial charge on any atom is -0.359 e. The van der Waals surface area contributed by atoms with E-state index in [9.17, 15) is 12.8 Å². The van der Waals surface area contributed by atoms with Crippen LogP contribution in [0.2, 0.25) is 0 Å². The molecular weight excluding hydrogens is 403 g/mol. The summed E-state index contributed by atoms with van der Waals surface area (Å²) in [6.45, 7) is 2.31. The molecule has 0 atom stereocenters. The maximum Gasteiger partial charge on any atom is 0.151 e. The second kappa shape index (κ2) is 8.70. The van der Waals surface area contributed by atoms with Gasteiger partial charge in [-0.25, -0.2) is 12.8 Å². The highest BCUT2D eigenvalue weighted by Crippen LogP contribution is 2.31. The molecule has 0 unspecified atom stereocenters. The Bertz CT molecular complexity index is 1100. The fourth-order valence-electron chi connectivity index (χ4n) is 4.05. The van der Waals surface area contributed by atoms with Crippen molar-refractivity contribution in [1.29, 1.82) is 0 Å². The molecule has 3 aromatic rings. The van der Waals surface area contributed by atoms with Gasteiger partial charge in [0.05, 0.1) is 12.3 Å². The number of hydrogen-bond donors (Lipinski definition) is 0. The molecule has 158 valence electrons. The molecular formula is C23H25FN2O3S. The average molecular weight is 429 g/mol. The highest BCUT2D eigenvalue weighted by Gasteiger charge is 2.24. The molecule has 1 fully saturated rings. The fourth-order valence-corrected chi connectivity index (χ4v) is 4.84. The van der Waals surface area contributed by atoms with Gasteiger partial charge in [-0.1, -0.05) is 47.6 Å². The molecule has 0 N–H and O–H groups in total. The second-order valence-corrected chi connectivity index (χ2v) is 10.2. The first-order valence-electron chi connectivity index (χ1n) is 10.1. The van der Waals surface area contributed by atoms with Crippen LogP contribution >= 0.6 is 0 Å². The van der Waals surface area contributed by atoms with Crippen LogP contribution in [0.4, 0.5) is 4.39 Å². The van der Waals surface area contributed by atoms with Crippen LogP contribution in [0.3, 0.4) is 0 Å². The topological polar surface area (TPSA) is 63.4 Å². The van der Waals surface area contributed by atoms with Crippen molar-refractivity contribution in [2.45, 2.75) is 31.1 Å². The number of rotatable bonds is 6. The second-order valence-electron chi connectivity index (χ2n) is 8.02. The zero-order valence-corrected chi connectivity index (χ0v) is 17.7. The van der Waals surface area contributed by atoms with Crippen LogP contribution in [0, 0.1) is 5.82 Å². The van der Waals surface area contributed by atoms with Crippen molar-refractivity contribution in [2.24, 2.45) is 0 Å². The Morgan fingerprint density at radius 2 is 1.83 bits per heavy atom. The molecule has 4 rings (SSSR count). The van der Waals surface area contributed by atoms with Gasteiger partial charge in [-0.05, 0) is 49.0 Å². The molecule has 1 aliphatic rings. The van der Waals surface area contributed by atoms with Crippen molar-refractivity contribution in [3.8, 4) is 11.3 Å². The third-order valence-corrected chi connectivity index (χ3v) is 6.38. The molecule has 2 heterocycles. The van der Waals surface area contributed by atoms with Crippen LogP contribution in [0.5, 0.6) is 0 Å². The van der Waals surface area contributed by atoms with Crippen molar-refractivity contribution in [2.75, 3.05) is 19.3 Å². The lowest BCUT2D eigenvalue weighted by Crippen LogP contribution is -2.32. The van der Waals surface area contributed by atoms with Gasteiger partial charge in [0.2, 0.25) is 0 Å². The standard InChI is InChI=1S/C23H25FN2O3S/c1-30(27,28)16-17-7-8-22(24)21(13-17)18-9-11-26(12-10-18)15-20-14-23(25-29-20)19-5-3-2-4-6-19/h2-8,13-14,18H,9-12,15-16H2,1H3. The Morgan fingerprint density at radius 1 is 1.10 bits per heavy atom. The summed E-state index contributed by atoms with van der Waals surface area (Å²) in [6, 6.07) is 16.5. The maximum absolute atomic E-state index is 14.4. The lowest BCUT2D eigenvalue weighted by Gasteiger charge is -2.31. The molecule has 0 spiro atoms. The Kier molecular flexibility index (Phi) is 6.01. The van der Waals surface area contributed by atoms with Crippen molar-refractivity contribution in [1.82, 2.24) is 10.1 Å². The van der Waals surface area contributed by atoms with Crippen molar-refractivity contribution in [3.05, 3.63) is 77.3 Å². The van der Waals surface area contributed by atoms with Crippen molar-refractivity contribution >= 4 is 9.84 Å². The molecule has 0 radical (unpaired) electrons. The number of sulfone groups is 1. The first kappa shape index (κ1) is 20.8. The molecule has 1 aromatic heterocycles. The summed E-state index contributed by atoms with van der Waals surface area (Å²) in [5, 5.41) is 4.16. The van der Waals surface area contributed by atoms with Gasteiger partial charge in [0, 0.05) is 17.9 Å². The molecule has 1 aliphatic heterocycles. The van der Waals surface area contributed by atoms with Gasteiger partial charge in [-0.2, -0.15) is 0 Å². The largest absolute Gasteiger partial charge is 0.359 e. The summed E-state index contributed by atoms with van der Waals surface area (Å²) in [7, 11) is -3.15. The fraction of sp³-hybridized carbons (Fsp3) is 0.348. The lowest BCUT2D eigenvalue weighted by atomic mass is 9.88. The van der Waals surface area contributed by atoms with Crippen molar-refractivity contribution in [3.63, 3.8) is 0 Å². The van der Waals surface area contributed by atoms with Crippen molar-refractivity contribution < 1.29 is 17.3 Å². The van der Waals surface area contributed by atoms with E-state index in [0.29, 0.717) is 17.7 Å². The summed E-state index contributed by atoms with van der Waals surface area (Å²) < 4.78 is 43.0. The summed E-state index contributed by atoms with van der Waals surface area (Å²) in [6.07, 6.45) is 2.83. The predicted octanol–water partition coefficient (Wildman–Crippen LogP) is 4.40. The van der Waals surface area contributed by atoms with E-state index in [2.05, 4.69) is 10.1 Å². The van der Waals surface area contributed by atoms with Crippen LogP contribution in [-0.4, -0.2) is 37.8 Å². The minimum absolute atomic E-state index is 0.0611.